The molecular weight excluding hydrogens is 336 g/mol. The third-order valence-electron chi connectivity index (χ3n) is 5.30. The molecule has 27 heavy (non-hydrogen) atoms. The van der Waals surface area contributed by atoms with E-state index in [0.717, 1.165) is 43.6 Å². The molecule has 0 spiro atoms. The van der Waals surface area contributed by atoms with E-state index < -0.39 is 0 Å². The fraction of sp³-hybridized carbons (Fsp3) is 0.391. The second-order valence-electron chi connectivity index (χ2n) is 7.51. The van der Waals surface area contributed by atoms with Crippen LogP contribution in [0.4, 0.5) is 0 Å². The van der Waals surface area contributed by atoms with Crippen LogP contribution in [0.5, 0.6) is 5.75 Å². The number of ether oxygens (including phenoxy) is 1. The second kappa shape index (κ2) is 8.38. The van der Waals surface area contributed by atoms with Crippen molar-refractivity contribution in [2.75, 3.05) is 6.61 Å². The minimum atomic E-state index is 0.0660. The van der Waals surface area contributed by atoms with Gasteiger partial charge in [-0.1, -0.05) is 24.3 Å². The van der Waals surface area contributed by atoms with E-state index in [1.165, 1.54) is 6.42 Å². The van der Waals surface area contributed by atoms with Gasteiger partial charge < -0.3 is 9.64 Å². The Bertz CT molecular complexity index is 782. The summed E-state index contributed by atoms with van der Waals surface area (Å²) in [4.78, 5) is 18.9. The lowest BCUT2D eigenvalue weighted by Crippen LogP contribution is -2.32. The number of hydrogen-bond acceptors (Lipinski definition) is 3. The van der Waals surface area contributed by atoms with Gasteiger partial charge in [0, 0.05) is 25.0 Å². The molecule has 1 unspecified atom stereocenters. The maximum Gasteiger partial charge on any atom is 0.255 e. The zero-order valence-electron chi connectivity index (χ0n) is 15.6. The van der Waals surface area contributed by atoms with Crippen molar-refractivity contribution in [2.24, 2.45) is 5.92 Å². The van der Waals surface area contributed by atoms with E-state index in [4.69, 9.17) is 4.74 Å². The van der Waals surface area contributed by atoms with Gasteiger partial charge in [0.2, 0.25) is 0 Å². The molecule has 140 valence electrons. The molecule has 0 N–H and O–H groups in total. The molecule has 1 aromatic carbocycles. The Morgan fingerprint density at radius 1 is 1.11 bits per heavy atom. The molecule has 1 aromatic heterocycles. The van der Waals surface area contributed by atoms with E-state index in [-0.39, 0.29) is 5.91 Å². The van der Waals surface area contributed by atoms with E-state index in [2.05, 4.69) is 29.3 Å². The molecular formula is C23H26N2O2. The molecule has 4 nitrogen and oxygen atoms in total. The average molecular weight is 362 g/mol. The molecule has 4 heteroatoms. The second-order valence-corrected chi connectivity index (χ2v) is 7.51. The number of benzene rings is 1. The van der Waals surface area contributed by atoms with Crippen LogP contribution in [0.2, 0.25) is 0 Å². The van der Waals surface area contributed by atoms with Gasteiger partial charge >= 0.3 is 0 Å². The average Bonchev–Trinajstić information content (AvgIpc) is 3.57. The van der Waals surface area contributed by atoms with Crippen LogP contribution in [-0.2, 0) is 6.54 Å². The summed E-state index contributed by atoms with van der Waals surface area (Å²) >= 11 is 0. The maximum absolute atomic E-state index is 12.8. The Hall–Kier alpha value is -2.62. The van der Waals surface area contributed by atoms with Gasteiger partial charge in [-0.3, -0.25) is 9.78 Å². The Morgan fingerprint density at radius 2 is 1.96 bits per heavy atom. The van der Waals surface area contributed by atoms with Crippen LogP contribution in [0, 0.1) is 5.92 Å². The summed E-state index contributed by atoms with van der Waals surface area (Å²) in [5, 5.41) is 0. The van der Waals surface area contributed by atoms with E-state index in [0.29, 0.717) is 24.1 Å². The molecule has 1 atom stereocenters. The van der Waals surface area contributed by atoms with Crippen LogP contribution in [0.3, 0.4) is 0 Å². The molecule has 2 aliphatic rings. The molecule has 2 aliphatic carbocycles. The van der Waals surface area contributed by atoms with Crippen LogP contribution in [0.15, 0.2) is 60.9 Å². The highest BCUT2D eigenvalue weighted by molar-refractivity contribution is 5.94. The zero-order chi connectivity index (χ0) is 18.5. The minimum absolute atomic E-state index is 0.0660. The third kappa shape index (κ3) is 4.76. The standard InChI is InChI=1S/C23H26N2O2/c26-23(20-7-4-14-24-15-20)25(21-10-11-21)16-18-8-12-22(13-9-18)27-17-19-5-2-1-3-6-19/h1-2,4,7-9,12-15,19,21H,3,5-6,10-11,16-17H2. The lowest BCUT2D eigenvalue weighted by Gasteiger charge is -2.23. The maximum atomic E-state index is 12.8. The predicted octanol–water partition coefficient (Wildman–Crippen LogP) is 4.62. The molecule has 0 radical (unpaired) electrons. The summed E-state index contributed by atoms with van der Waals surface area (Å²) in [7, 11) is 0. The summed E-state index contributed by atoms with van der Waals surface area (Å²) in [5.74, 6) is 1.60. The minimum Gasteiger partial charge on any atom is -0.493 e. The number of hydrogen-bond donors (Lipinski definition) is 0. The van der Waals surface area contributed by atoms with Crippen molar-refractivity contribution in [3.63, 3.8) is 0 Å². The normalized spacial score (nSPS) is 18.9. The van der Waals surface area contributed by atoms with Crippen LogP contribution in [0.1, 0.15) is 48.0 Å². The summed E-state index contributed by atoms with van der Waals surface area (Å²) in [6, 6.07) is 12.2. The highest BCUT2D eigenvalue weighted by Crippen LogP contribution is 2.30. The molecule has 0 bridgehead atoms. The van der Waals surface area contributed by atoms with Gasteiger partial charge in [-0.2, -0.15) is 0 Å². The van der Waals surface area contributed by atoms with E-state index in [1.807, 2.05) is 29.2 Å². The third-order valence-corrected chi connectivity index (χ3v) is 5.30. The fourth-order valence-corrected chi connectivity index (χ4v) is 3.52. The molecule has 1 heterocycles. The van der Waals surface area contributed by atoms with Crippen molar-refractivity contribution in [1.82, 2.24) is 9.88 Å². The van der Waals surface area contributed by atoms with Gasteiger partial charge in [0.05, 0.1) is 12.2 Å². The monoisotopic (exact) mass is 362 g/mol. The van der Waals surface area contributed by atoms with Crippen LogP contribution in [0.25, 0.3) is 0 Å². The smallest absolute Gasteiger partial charge is 0.255 e. The van der Waals surface area contributed by atoms with Crippen molar-refractivity contribution in [2.45, 2.75) is 44.7 Å². The Labute approximate surface area is 160 Å². The number of nitrogens with zero attached hydrogens (tertiary/aromatic N) is 2. The molecule has 1 amide bonds. The first-order chi connectivity index (χ1) is 13.3. The molecule has 0 saturated heterocycles. The number of carbonyl (C=O) groups is 1. The first-order valence-electron chi connectivity index (χ1n) is 9.87. The topological polar surface area (TPSA) is 42.4 Å². The highest BCUT2D eigenvalue weighted by Gasteiger charge is 2.33. The number of carbonyl (C=O) groups excluding carboxylic acids is 1. The number of allylic oxidation sites excluding steroid dienone is 2. The van der Waals surface area contributed by atoms with Crippen molar-refractivity contribution >= 4 is 5.91 Å². The van der Waals surface area contributed by atoms with Crippen molar-refractivity contribution in [3.8, 4) is 5.75 Å². The molecule has 1 saturated carbocycles. The number of amides is 1. The summed E-state index contributed by atoms with van der Waals surface area (Å²) in [6.07, 6.45) is 13.5. The van der Waals surface area contributed by atoms with Gasteiger partial charge in [0.1, 0.15) is 5.75 Å². The Kier molecular flexibility index (Phi) is 5.52. The van der Waals surface area contributed by atoms with Crippen molar-refractivity contribution in [1.29, 1.82) is 0 Å². The number of aromatic nitrogens is 1. The lowest BCUT2D eigenvalue weighted by molar-refractivity contribution is 0.0729. The Balaban J connectivity index is 1.36. The molecule has 4 rings (SSSR count). The number of pyridine rings is 1. The first kappa shape index (κ1) is 17.8. The number of rotatable bonds is 7. The molecule has 0 aliphatic heterocycles. The highest BCUT2D eigenvalue weighted by atomic mass is 16.5. The quantitative estimate of drug-likeness (QED) is 0.675. The summed E-state index contributed by atoms with van der Waals surface area (Å²) in [6.45, 7) is 1.41. The Morgan fingerprint density at radius 3 is 2.63 bits per heavy atom. The SMILES string of the molecule is O=C(c1cccnc1)N(Cc1ccc(OCC2CC=CCC2)cc1)C1CC1. The van der Waals surface area contributed by atoms with Crippen LogP contribution in [-0.4, -0.2) is 28.4 Å². The van der Waals surface area contributed by atoms with Gasteiger partial charge in [-0.15, -0.1) is 0 Å². The van der Waals surface area contributed by atoms with E-state index in [1.54, 1.807) is 12.4 Å². The largest absolute Gasteiger partial charge is 0.493 e. The molecule has 1 fully saturated rings. The van der Waals surface area contributed by atoms with E-state index >= 15 is 0 Å². The van der Waals surface area contributed by atoms with E-state index in [9.17, 15) is 4.79 Å². The van der Waals surface area contributed by atoms with Crippen molar-refractivity contribution in [3.05, 3.63) is 72.1 Å². The van der Waals surface area contributed by atoms with Crippen molar-refractivity contribution < 1.29 is 9.53 Å². The summed E-state index contributed by atoms with van der Waals surface area (Å²) < 4.78 is 5.96. The van der Waals surface area contributed by atoms with Gasteiger partial charge in [0.25, 0.3) is 5.91 Å². The first-order valence-corrected chi connectivity index (χ1v) is 9.87. The van der Waals surface area contributed by atoms with Gasteiger partial charge in [-0.25, -0.2) is 0 Å². The van der Waals surface area contributed by atoms with Crippen LogP contribution < -0.4 is 4.74 Å². The van der Waals surface area contributed by atoms with Gasteiger partial charge in [0.15, 0.2) is 0 Å². The summed E-state index contributed by atoms with van der Waals surface area (Å²) in [5.41, 5.74) is 1.79. The zero-order valence-corrected chi connectivity index (χ0v) is 15.6. The predicted molar refractivity (Wildman–Crippen MR) is 106 cm³/mol. The van der Waals surface area contributed by atoms with Gasteiger partial charge in [-0.05, 0) is 67.9 Å². The van der Waals surface area contributed by atoms with Crippen LogP contribution >= 0.6 is 0 Å². The fourth-order valence-electron chi connectivity index (χ4n) is 3.52. The molecule has 2 aromatic rings. The lowest BCUT2D eigenvalue weighted by atomic mass is 9.95.